The zero-order valence-electron chi connectivity index (χ0n) is 17.6. The molecule has 168 valence electrons. The van der Waals surface area contributed by atoms with Gasteiger partial charge in [-0.05, 0) is 61.0 Å². The van der Waals surface area contributed by atoms with Gasteiger partial charge in [-0.1, -0.05) is 40.9 Å². The van der Waals surface area contributed by atoms with Gasteiger partial charge < -0.3 is 19.5 Å². The van der Waals surface area contributed by atoms with Crippen molar-refractivity contribution in [2.24, 2.45) is 0 Å². The van der Waals surface area contributed by atoms with E-state index in [1.807, 2.05) is 24.3 Å². The summed E-state index contributed by atoms with van der Waals surface area (Å²) >= 11 is 18.6. The van der Waals surface area contributed by atoms with Crippen LogP contribution in [0.2, 0.25) is 15.1 Å². The number of carbonyl (C=O) groups is 1. The Hall–Kier alpha value is -2.60. The number of carbonyl (C=O) groups excluding carboxylic acids is 1. The average molecular weight is 495 g/mol. The van der Waals surface area contributed by atoms with E-state index in [1.54, 1.807) is 44.4 Å². The summed E-state index contributed by atoms with van der Waals surface area (Å²) < 4.78 is 16.4. The van der Waals surface area contributed by atoms with E-state index in [1.165, 1.54) is 0 Å². The second-order valence-electron chi connectivity index (χ2n) is 6.78. The smallest absolute Gasteiger partial charge is 0.338 e. The molecule has 5 nitrogen and oxygen atoms in total. The lowest BCUT2D eigenvalue weighted by Crippen LogP contribution is -2.05. The minimum Gasteiger partial charge on any atom is -0.493 e. The van der Waals surface area contributed by atoms with Crippen LogP contribution in [0.15, 0.2) is 54.6 Å². The SMILES string of the molecule is CCOC(=O)c1ccc(NCc2cc(Cl)c(OCc3ccc(Cl)cc3Cl)c(OC)c2)cc1. The van der Waals surface area contributed by atoms with Crippen LogP contribution in [0.5, 0.6) is 11.5 Å². The minimum absolute atomic E-state index is 0.219. The zero-order valence-corrected chi connectivity index (χ0v) is 19.9. The molecule has 0 fully saturated rings. The van der Waals surface area contributed by atoms with Crippen LogP contribution in [-0.4, -0.2) is 19.7 Å². The second kappa shape index (κ2) is 11.3. The number of ether oxygens (including phenoxy) is 3. The lowest BCUT2D eigenvalue weighted by atomic mass is 10.1. The number of hydrogen-bond acceptors (Lipinski definition) is 5. The first-order valence-electron chi connectivity index (χ1n) is 9.85. The van der Waals surface area contributed by atoms with Crippen LogP contribution in [0, 0.1) is 0 Å². The Morgan fingerprint density at radius 1 is 0.969 bits per heavy atom. The second-order valence-corrected chi connectivity index (χ2v) is 8.04. The lowest BCUT2D eigenvalue weighted by Gasteiger charge is -2.15. The number of hydrogen-bond donors (Lipinski definition) is 1. The van der Waals surface area contributed by atoms with Crippen molar-refractivity contribution in [1.82, 2.24) is 0 Å². The highest BCUT2D eigenvalue weighted by molar-refractivity contribution is 6.35. The van der Waals surface area contributed by atoms with Gasteiger partial charge in [0.2, 0.25) is 0 Å². The quantitative estimate of drug-likeness (QED) is 0.324. The standard InChI is InChI=1S/C24H22Cl3NO4/c1-3-31-24(29)16-5-8-19(9-6-16)28-13-15-10-21(27)23(22(11-15)30-2)32-14-17-4-7-18(25)12-20(17)26/h4-12,28H,3,13-14H2,1-2H3. The van der Waals surface area contributed by atoms with Crippen LogP contribution in [0.3, 0.4) is 0 Å². The Kier molecular flexibility index (Phi) is 8.51. The summed E-state index contributed by atoms with van der Waals surface area (Å²) in [6.45, 7) is 2.83. The minimum atomic E-state index is -0.342. The van der Waals surface area contributed by atoms with Crippen LogP contribution >= 0.6 is 34.8 Å². The number of benzene rings is 3. The first-order valence-corrected chi connectivity index (χ1v) is 11.0. The molecule has 8 heteroatoms. The van der Waals surface area contributed by atoms with Crippen molar-refractivity contribution in [2.75, 3.05) is 19.0 Å². The molecule has 3 aromatic carbocycles. The number of nitrogens with one attached hydrogen (secondary N) is 1. The maximum atomic E-state index is 11.8. The molecule has 0 aliphatic heterocycles. The maximum absolute atomic E-state index is 11.8. The van der Waals surface area contributed by atoms with Crippen molar-refractivity contribution in [2.45, 2.75) is 20.1 Å². The lowest BCUT2D eigenvalue weighted by molar-refractivity contribution is 0.0526. The molecule has 0 atom stereocenters. The fraction of sp³-hybridized carbons (Fsp3) is 0.208. The molecule has 0 aliphatic rings. The average Bonchev–Trinajstić information content (AvgIpc) is 2.78. The van der Waals surface area contributed by atoms with Crippen LogP contribution in [0.25, 0.3) is 0 Å². The highest BCUT2D eigenvalue weighted by atomic mass is 35.5. The molecular formula is C24H22Cl3NO4. The predicted molar refractivity (Wildman–Crippen MR) is 129 cm³/mol. The summed E-state index contributed by atoms with van der Waals surface area (Å²) in [7, 11) is 1.55. The van der Waals surface area contributed by atoms with E-state index >= 15 is 0 Å². The summed E-state index contributed by atoms with van der Waals surface area (Å²) in [4.78, 5) is 11.8. The van der Waals surface area contributed by atoms with E-state index in [9.17, 15) is 4.79 Å². The van der Waals surface area contributed by atoms with Crippen molar-refractivity contribution in [3.63, 3.8) is 0 Å². The number of methoxy groups -OCH3 is 1. The van der Waals surface area contributed by atoms with E-state index in [0.29, 0.717) is 45.3 Å². The summed E-state index contributed by atoms with van der Waals surface area (Å²) in [6.07, 6.45) is 0. The van der Waals surface area contributed by atoms with Crippen LogP contribution in [-0.2, 0) is 17.9 Å². The molecular weight excluding hydrogens is 473 g/mol. The molecule has 0 heterocycles. The number of rotatable bonds is 9. The molecule has 3 aromatic rings. The predicted octanol–water partition coefficient (Wildman–Crippen LogP) is 7.02. The van der Waals surface area contributed by atoms with Crippen molar-refractivity contribution in [1.29, 1.82) is 0 Å². The summed E-state index contributed by atoms with van der Waals surface area (Å²) in [5.74, 6) is 0.603. The third-order valence-electron chi connectivity index (χ3n) is 4.57. The highest BCUT2D eigenvalue weighted by Crippen LogP contribution is 2.37. The van der Waals surface area contributed by atoms with Crippen LogP contribution < -0.4 is 14.8 Å². The first kappa shape index (κ1) is 24.1. The van der Waals surface area contributed by atoms with Gasteiger partial charge in [0, 0.05) is 27.8 Å². The number of esters is 1. The summed E-state index contributed by atoms with van der Waals surface area (Å²) in [6, 6.07) is 15.9. The Labute approximate surface area is 202 Å². The molecule has 3 rings (SSSR count). The van der Waals surface area contributed by atoms with Gasteiger partial charge in [0.05, 0.1) is 24.3 Å². The number of halogens is 3. The molecule has 0 unspecified atom stereocenters. The van der Waals surface area contributed by atoms with E-state index in [4.69, 9.17) is 49.0 Å². The van der Waals surface area contributed by atoms with Crippen molar-refractivity contribution in [3.8, 4) is 11.5 Å². The van der Waals surface area contributed by atoms with Crippen molar-refractivity contribution >= 4 is 46.5 Å². The Morgan fingerprint density at radius 2 is 1.72 bits per heavy atom. The van der Waals surface area contributed by atoms with Crippen LogP contribution in [0.4, 0.5) is 5.69 Å². The molecule has 0 bridgehead atoms. The normalized spacial score (nSPS) is 10.5. The fourth-order valence-electron chi connectivity index (χ4n) is 2.95. The molecule has 32 heavy (non-hydrogen) atoms. The van der Waals surface area contributed by atoms with Crippen molar-refractivity contribution < 1.29 is 19.0 Å². The Morgan fingerprint density at radius 3 is 2.38 bits per heavy atom. The Bertz CT molecular complexity index is 1090. The van der Waals surface area contributed by atoms with E-state index in [-0.39, 0.29) is 12.6 Å². The molecule has 1 N–H and O–H groups in total. The molecule has 0 aliphatic carbocycles. The van der Waals surface area contributed by atoms with Gasteiger partial charge in [0.25, 0.3) is 0 Å². The molecule has 0 saturated heterocycles. The van der Waals surface area contributed by atoms with E-state index in [0.717, 1.165) is 16.8 Å². The topological polar surface area (TPSA) is 56.8 Å². The van der Waals surface area contributed by atoms with Gasteiger partial charge in [-0.25, -0.2) is 4.79 Å². The third kappa shape index (κ3) is 6.22. The third-order valence-corrected chi connectivity index (χ3v) is 5.44. The summed E-state index contributed by atoms with van der Waals surface area (Å²) in [5, 5.41) is 4.78. The van der Waals surface area contributed by atoms with E-state index in [2.05, 4.69) is 5.32 Å². The van der Waals surface area contributed by atoms with Gasteiger partial charge in [0.15, 0.2) is 11.5 Å². The van der Waals surface area contributed by atoms with E-state index < -0.39 is 0 Å². The monoisotopic (exact) mass is 493 g/mol. The fourth-order valence-corrected chi connectivity index (χ4v) is 3.70. The molecule has 0 spiro atoms. The summed E-state index contributed by atoms with van der Waals surface area (Å²) in [5.41, 5.74) is 3.04. The zero-order chi connectivity index (χ0) is 23.1. The maximum Gasteiger partial charge on any atom is 0.338 e. The number of anilines is 1. The van der Waals surface area contributed by atoms with Crippen LogP contribution in [0.1, 0.15) is 28.4 Å². The van der Waals surface area contributed by atoms with Gasteiger partial charge in [-0.2, -0.15) is 0 Å². The van der Waals surface area contributed by atoms with Gasteiger partial charge in [-0.15, -0.1) is 0 Å². The largest absolute Gasteiger partial charge is 0.493 e. The molecule has 0 amide bonds. The Balaban J connectivity index is 1.67. The molecule has 0 radical (unpaired) electrons. The van der Waals surface area contributed by atoms with Gasteiger partial charge in [0.1, 0.15) is 6.61 Å². The molecule has 0 aromatic heterocycles. The van der Waals surface area contributed by atoms with Gasteiger partial charge >= 0.3 is 5.97 Å². The van der Waals surface area contributed by atoms with Gasteiger partial charge in [-0.3, -0.25) is 0 Å². The molecule has 0 saturated carbocycles. The van der Waals surface area contributed by atoms with Crippen molar-refractivity contribution in [3.05, 3.63) is 86.4 Å². The highest BCUT2D eigenvalue weighted by Gasteiger charge is 2.14. The first-order chi connectivity index (χ1) is 15.4.